The summed E-state index contributed by atoms with van der Waals surface area (Å²) >= 11 is 0. The summed E-state index contributed by atoms with van der Waals surface area (Å²) in [5.74, 6) is -0.698. The Morgan fingerprint density at radius 1 is 1.06 bits per heavy atom. The fraction of sp³-hybridized carbons (Fsp3) is 0.440. The molecule has 34 heavy (non-hydrogen) atoms. The number of likely N-dealkylation sites (tertiary alicyclic amines) is 1. The zero-order chi connectivity index (χ0) is 24.3. The van der Waals surface area contributed by atoms with Crippen LogP contribution in [0.15, 0.2) is 48.5 Å². The van der Waals surface area contributed by atoms with Gasteiger partial charge in [0.05, 0.1) is 6.10 Å². The molecule has 0 aliphatic carbocycles. The van der Waals surface area contributed by atoms with E-state index in [2.05, 4.69) is 16.7 Å². The van der Waals surface area contributed by atoms with E-state index in [4.69, 9.17) is 0 Å². The molecule has 1 saturated heterocycles. The number of hydrogen-bond donors (Lipinski definition) is 4. The second kappa shape index (κ2) is 10.2. The molecule has 4 N–H and O–H groups in total. The summed E-state index contributed by atoms with van der Waals surface area (Å²) in [5.41, 5.74) is 1.03. The highest BCUT2D eigenvalue weighted by Crippen LogP contribution is 2.29. The number of benzene rings is 2. The average molecular weight is 474 g/mol. The van der Waals surface area contributed by atoms with Crippen LogP contribution in [0.5, 0.6) is 0 Å². The summed E-state index contributed by atoms with van der Waals surface area (Å²) in [6, 6.07) is 13.9. The minimum Gasteiger partial charge on any atom is -0.390 e. The first-order valence-corrected chi connectivity index (χ1v) is 11.4. The summed E-state index contributed by atoms with van der Waals surface area (Å²) in [6.07, 6.45) is -3.29. The number of amides is 2. The number of hydrogen-bond acceptors (Lipinski definition) is 5. The second-order valence-electron chi connectivity index (χ2n) is 9.01. The van der Waals surface area contributed by atoms with Crippen LogP contribution in [0.4, 0.5) is 8.78 Å². The number of alkyl halides is 2. The zero-order valence-electron chi connectivity index (χ0n) is 18.7. The van der Waals surface area contributed by atoms with E-state index >= 15 is 0 Å². The fourth-order valence-electron chi connectivity index (χ4n) is 4.45. The van der Waals surface area contributed by atoms with Crippen LogP contribution in [0, 0.1) is 0 Å². The molecule has 0 bridgehead atoms. The molecule has 2 aromatic carbocycles. The lowest BCUT2D eigenvalue weighted by molar-refractivity contribution is -0.122. The SMILES string of the molecule is O=C(NCC(O)C1Cc2ccccc2CN1)c1ccc(C(=O)N2CCC(O)(C(F)F)CC2)cc1. The molecule has 4 rings (SSSR count). The van der Waals surface area contributed by atoms with Crippen molar-refractivity contribution in [2.75, 3.05) is 19.6 Å². The van der Waals surface area contributed by atoms with Crippen LogP contribution in [0.25, 0.3) is 0 Å². The lowest BCUT2D eigenvalue weighted by Crippen LogP contribution is -2.50. The maximum atomic E-state index is 12.9. The number of rotatable bonds is 6. The van der Waals surface area contributed by atoms with Crippen molar-refractivity contribution in [1.82, 2.24) is 15.5 Å². The third kappa shape index (κ3) is 5.27. The molecule has 0 aromatic heterocycles. The highest BCUT2D eigenvalue weighted by molar-refractivity contribution is 5.97. The Morgan fingerprint density at radius 3 is 2.32 bits per heavy atom. The Labute approximate surface area is 196 Å². The number of nitrogens with zero attached hydrogens (tertiary/aromatic N) is 1. The topological polar surface area (TPSA) is 102 Å². The molecule has 1 fully saturated rings. The molecular weight excluding hydrogens is 444 g/mol. The van der Waals surface area contributed by atoms with Gasteiger partial charge in [0.25, 0.3) is 18.2 Å². The Kier molecular flexibility index (Phi) is 7.25. The smallest absolute Gasteiger partial charge is 0.266 e. The van der Waals surface area contributed by atoms with E-state index < -0.39 is 18.1 Å². The van der Waals surface area contributed by atoms with Gasteiger partial charge in [-0.3, -0.25) is 9.59 Å². The predicted octanol–water partition coefficient (Wildman–Crippen LogP) is 1.72. The average Bonchev–Trinajstić information content (AvgIpc) is 2.86. The van der Waals surface area contributed by atoms with E-state index in [1.165, 1.54) is 40.3 Å². The molecule has 2 aliphatic heterocycles. The predicted molar refractivity (Wildman–Crippen MR) is 122 cm³/mol. The molecule has 9 heteroatoms. The monoisotopic (exact) mass is 473 g/mol. The van der Waals surface area contributed by atoms with Gasteiger partial charge in [0.2, 0.25) is 0 Å². The van der Waals surface area contributed by atoms with Crippen LogP contribution < -0.4 is 10.6 Å². The number of nitrogens with one attached hydrogen (secondary N) is 2. The van der Waals surface area contributed by atoms with Gasteiger partial charge in [-0.15, -0.1) is 0 Å². The highest BCUT2D eigenvalue weighted by Gasteiger charge is 2.41. The van der Waals surface area contributed by atoms with E-state index in [0.29, 0.717) is 24.1 Å². The third-order valence-corrected chi connectivity index (χ3v) is 6.77. The van der Waals surface area contributed by atoms with Crippen molar-refractivity contribution >= 4 is 11.8 Å². The third-order valence-electron chi connectivity index (χ3n) is 6.77. The molecule has 0 saturated carbocycles. The summed E-state index contributed by atoms with van der Waals surface area (Å²) < 4.78 is 25.9. The highest BCUT2D eigenvalue weighted by atomic mass is 19.3. The van der Waals surface area contributed by atoms with Gasteiger partial charge in [-0.1, -0.05) is 24.3 Å². The Balaban J connectivity index is 1.27. The number of piperidine rings is 1. The molecule has 2 aromatic rings. The van der Waals surface area contributed by atoms with Gasteiger partial charge in [0.1, 0.15) is 5.60 Å². The number of fused-ring (bicyclic) bond motifs is 1. The van der Waals surface area contributed by atoms with Gasteiger partial charge in [-0.2, -0.15) is 0 Å². The Hall–Kier alpha value is -2.88. The van der Waals surface area contributed by atoms with Crippen molar-refractivity contribution in [3.05, 3.63) is 70.8 Å². The van der Waals surface area contributed by atoms with E-state index in [9.17, 15) is 28.6 Å². The normalized spacial score (nSPS) is 20.5. The Morgan fingerprint density at radius 2 is 1.68 bits per heavy atom. The molecule has 2 atom stereocenters. The quantitative estimate of drug-likeness (QED) is 0.512. The summed E-state index contributed by atoms with van der Waals surface area (Å²) in [7, 11) is 0. The summed E-state index contributed by atoms with van der Waals surface area (Å²) in [6.45, 7) is 0.832. The number of aliphatic hydroxyl groups is 2. The molecular formula is C25H29F2N3O4. The van der Waals surface area contributed by atoms with Gasteiger partial charge < -0.3 is 25.7 Å². The van der Waals surface area contributed by atoms with Crippen LogP contribution in [-0.4, -0.2) is 70.7 Å². The van der Waals surface area contributed by atoms with E-state index in [-0.39, 0.29) is 50.3 Å². The van der Waals surface area contributed by atoms with Crippen molar-refractivity contribution in [1.29, 1.82) is 0 Å². The standard InChI is InChI=1S/C25H29F2N3O4/c26-24(27)25(34)9-11-30(12-10-25)23(33)17-7-5-16(6-8-17)22(32)29-15-21(31)20-13-18-3-1-2-4-19(18)14-28-20/h1-8,20-21,24,28,31,34H,9-15H2,(H,29,32). The molecule has 0 spiro atoms. The van der Waals surface area contributed by atoms with Gasteiger partial charge >= 0.3 is 0 Å². The van der Waals surface area contributed by atoms with Crippen molar-refractivity contribution in [3.8, 4) is 0 Å². The first kappa shape index (κ1) is 24.3. The molecule has 2 aliphatic rings. The number of carbonyl (C=O) groups excluding carboxylic acids is 2. The fourth-order valence-corrected chi connectivity index (χ4v) is 4.45. The number of carbonyl (C=O) groups is 2. The molecule has 2 unspecified atom stereocenters. The van der Waals surface area contributed by atoms with Crippen LogP contribution in [0.3, 0.4) is 0 Å². The Bertz CT molecular complexity index is 1020. The van der Waals surface area contributed by atoms with Gasteiger partial charge in [-0.25, -0.2) is 8.78 Å². The van der Waals surface area contributed by atoms with Crippen molar-refractivity contribution < 1.29 is 28.6 Å². The first-order valence-electron chi connectivity index (χ1n) is 11.4. The molecule has 7 nitrogen and oxygen atoms in total. The molecule has 2 amide bonds. The van der Waals surface area contributed by atoms with Gasteiger partial charge in [0.15, 0.2) is 0 Å². The maximum absolute atomic E-state index is 12.9. The molecule has 0 radical (unpaired) electrons. The summed E-state index contributed by atoms with van der Waals surface area (Å²) in [5, 5.41) is 26.4. The van der Waals surface area contributed by atoms with E-state index in [0.717, 1.165) is 0 Å². The van der Waals surface area contributed by atoms with Crippen molar-refractivity contribution in [2.24, 2.45) is 0 Å². The lowest BCUT2D eigenvalue weighted by atomic mass is 9.91. The van der Waals surface area contributed by atoms with E-state index in [1.807, 2.05) is 18.2 Å². The van der Waals surface area contributed by atoms with Crippen LogP contribution >= 0.6 is 0 Å². The molecule has 2 heterocycles. The summed E-state index contributed by atoms with van der Waals surface area (Å²) in [4.78, 5) is 26.6. The van der Waals surface area contributed by atoms with Crippen molar-refractivity contribution in [3.63, 3.8) is 0 Å². The number of aliphatic hydroxyl groups excluding tert-OH is 1. The van der Waals surface area contributed by atoms with Crippen molar-refractivity contribution in [2.45, 2.75) is 50.0 Å². The largest absolute Gasteiger partial charge is 0.390 e. The molecule has 182 valence electrons. The number of halogens is 2. The van der Waals surface area contributed by atoms with Crippen LogP contribution in [-0.2, 0) is 13.0 Å². The van der Waals surface area contributed by atoms with Gasteiger partial charge in [-0.05, 0) is 54.7 Å². The minimum absolute atomic E-state index is 0.0411. The van der Waals surface area contributed by atoms with Crippen LogP contribution in [0.2, 0.25) is 0 Å². The zero-order valence-corrected chi connectivity index (χ0v) is 18.7. The van der Waals surface area contributed by atoms with Crippen LogP contribution in [0.1, 0.15) is 44.7 Å². The minimum atomic E-state index is -2.84. The lowest BCUT2D eigenvalue weighted by Gasteiger charge is -2.37. The van der Waals surface area contributed by atoms with Gasteiger partial charge in [0, 0.05) is 43.3 Å². The maximum Gasteiger partial charge on any atom is 0.266 e. The first-order chi connectivity index (χ1) is 16.3. The van der Waals surface area contributed by atoms with E-state index in [1.54, 1.807) is 0 Å². The second-order valence-corrected chi connectivity index (χ2v) is 9.01.